The molecule has 0 N–H and O–H groups in total. The molecule has 104 valence electrons. The molecule has 0 bridgehead atoms. The minimum Gasteiger partial charge on any atom is -0.265 e. The van der Waals surface area contributed by atoms with Crippen molar-refractivity contribution in [1.82, 2.24) is 0 Å². The Bertz CT molecular complexity index is 656. The van der Waals surface area contributed by atoms with Gasteiger partial charge in [-0.25, -0.2) is 0 Å². The monoisotopic (exact) mass is 274 g/mol. The van der Waals surface area contributed by atoms with Gasteiger partial charge in [-0.1, -0.05) is 42.5 Å². The second-order valence-corrected chi connectivity index (χ2v) is 4.75. The number of hydrogen-bond donors (Lipinski definition) is 0. The number of hydrogen-bond acceptors (Lipinski definition) is 4. The summed E-state index contributed by atoms with van der Waals surface area (Å²) in [6, 6.07) is 11.9. The smallest absolute Gasteiger partial charge is 0.223 e. The molecule has 20 heavy (non-hydrogen) atoms. The van der Waals surface area contributed by atoms with Crippen molar-refractivity contribution in [2.24, 2.45) is 0 Å². The molecule has 6 nitrogen and oxygen atoms in total. The Balaban J connectivity index is 2.44. The molecule has 0 aliphatic heterocycles. The van der Waals surface area contributed by atoms with Gasteiger partial charge in [0.05, 0.1) is 0 Å². The molecule has 0 aliphatic carbocycles. The van der Waals surface area contributed by atoms with E-state index in [1.807, 2.05) is 30.3 Å². The van der Waals surface area contributed by atoms with Crippen molar-refractivity contribution in [3.63, 3.8) is 0 Å². The molecular formula is C14H14N2O4. The van der Waals surface area contributed by atoms with Crippen LogP contribution in [0.4, 0.5) is 0 Å². The maximum absolute atomic E-state index is 10.9. The predicted molar refractivity (Wildman–Crippen MR) is 75.0 cm³/mol. The maximum atomic E-state index is 10.9. The Morgan fingerprint density at radius 2 is 1.70 bits per heavy atom. The van der Waals surface area contributed by atoms with Crippen molar-refractivity contribution in [1.29, 1.82) is 0 Å². The molecular weight excluding hydrogens is 260 g/mol. The summed E-state index contributed by atoms with van der Waals surface area (Å²) in [5.74, 6) is -0.732. The van der Waals surface area contributed by atoms with Crippen LogP contribution >= 0.6 is 0 Å². The summed E-state index contributed by atoms with van der Waals surface area (Å²) in [5.41, 5.74) is 0.629. The van der Waals surface area contributed by atoms with E-state index in [2.05, 4.69) is 0 Å². The summed E-state index contributed by atoms with van der Waals surface area (Å²) < 4.78 is 0. The lowest BCUT2D eigenvalue weighted by Crippen LogP contribution is -2.29. The highest BCUT2D eigenvalue weighted by atomic mass is 16.6. The highest BCUT2D eigenvalue weighted by Crippen LogP contribution is 2.25. The quantitative estimate of drug-likeness (QED) is 0.619. The third-order valence-corrected chi connectivity index (χ3v) is 3.46. The zero-order valence-corrected chi connectivity index (χ0v) is 10.9. The third kappa shape index (κ3) is 2.90. The Labute approximate surface area is 115 Å². The number of rotatable bonds is 5. The highest BCUT2D eigenvalue weighted by molar-refractivity contribution is 5.83. The van der Waals surface area contributed by atoms with E-state index in [4.69, 9.17) is 0 Å². The van der Waals surface area contributed by atoms with Crippen LogP contribution in [0.3, 0.4) is 0 Å². The van der Waals surface area contributed by atoms with Crippen LogP contribution in [0.15, 0.2) is 42.5 Å². The number of fused-ring (bicyclic) bond motifs is 1. The van der Waals surface area contributed by atoms with Gasteiger partial charge in [-0.05, 0) is 16.3 Å². The maximum Gasteiger partial charge on any atom is 0.223 e. The summed E-state index contributed by atoms with van der Waals surface area (Å²) in [5, 5.41) is 23.6. The van der Waals surface area contributed by atoms with Crippen molar-refractivity contribution in [2.45, 2.75) is 18.9 Å². The van der Waals surface area contributed by atoms with Gasteiger partial charge in [-0.2, -0.15) is 0 Å². The summed E-state index contributed by atoms with van der Waals surface area (Å²) in [7, 11) is 0. The molecule has 0 aliphatic rings. The van der Waals surface area contributed by atoms with Gasteiger partial charge >= 0.3 is 0 Å². The minimum absolute atomic E-state index is 0.444. The van der Waals surface area contributed by atoms with E-state index in [0.717, 1.165) is 10.8 Å². The largest absolute Gasteiger partial charge is 0.265 e. The second-order valence-electron chi connectivity index (χ2n) is 4.75. The molecule has 0 saturated carbocycles. The van der Waals surface area contributed by atoms with Crippen LogP contribution < -0.4 is 0 Å². The number of nitrogens with zero attached hydrogens (tertiary/aromatic N) is 2. The fourth-order valence-corrected chi connectivity index (χ4v) is 2.28. The zero-order chi connectivity index (χ0) is 14.7. The van der Waals surface area contributed by atoms with Crippen LogP contribution in [0.5, 0.6) is 0 Å². The Hall–Kier alpha value is -2.50. The van der Waals surface area contributed by atoms with E-state index in [0.29, 0.717) is 5.56 Å². The Morgan fingerprint density at radius 1 is 1.05 bits per heavy atom. The van der Waals surface area contributed by atoms with E-state index in [1.54, 1.807) is 12.1 Å². The van der Waals surface area contributed by atoms with Crippen LogP contribution in [-0.4, -0.2) is 22.4 Å². The summed E-state index contributed by atoms with van der Waals surface area (Å²) in [4.78, 5) is 20.7. The summed E-state index contributed by atoms with van der Waals surface area (Å²) in [6.45, 7) is 0.962. The first-order valence-electron chi connectivity index (χ1n) is 6.23. The average molecular weight is 274 g/mol. The van der Waals surface area contributed by atoms with Crippen LogP contribution in [0.2, 0.25) is 0 Å². The van der Waals surface area contributed by atoms with E-state index in [1.165, 1.54) is 6.92 Å². The fourth-order valence-electron chi connectivity index (χ4n) is 2.28. The first kappa shape index (κ1) is 13.9. The van der Waals surface area contributed by atoms with E-state index >= 15 is 0 Å². The van der Waals surface area contributed by atoms with Crippen molar-refractivity contribution in [2.75, 3.05) is 6.54 Å². The van der Waals surface area contributed by atoms with Crippen molar-refractivity contribution < 1.29 is 9.85 Å². The summed E-state index contributed by atoms with van der Waals surface area (Å²) >= 11 is 0. The van der Waals surface area contributed by atoms with Crippen molar-refractivity contribution in [3.8, 4) is 0 Å². The van der Waals surface area contributed by atoms with Crippen LogP contribution in [0.25, 0.3) is 10.8 Å². The van der Waals surface area contributed by atoms with E-state index < -0.39 is 28.4 Å². The van der Waals surface area contributed by atoms with Gasteiger partial charge in [0.1, 0.15) is 5.92 Å². The van der Waals surface area contributed by atoms with Gasteiger partial charge in [-0.15, -0.1) is 0 Å². The van der Waals surface area contributed by atoms with Crippen molar-refractivity contribution >= 4 is 10.8 Å². The molecule has 2 aromatic rings. The average Bonchev–Trinajstić information content (AvgIpc) is 2.43. The number of benzene rings is 2. The fraction of sp³-hybridized carbons (Fsp3) is 0.286. The highest BCUT2D eigenvalue weighted by Gasteiger charge is 2.32. The molecule has 6 heteroatoms. The first-order chi connectivity index (χ1) is 9.49. The Kier molecular flexibility index (Phi) is 3.93. The summed E-state index contributed by atoms with van der Waals surface area (Å²) in [6.07, 6.45) is 0. The van der Waals surface area contributed by atoms with Gasteiger partial charge in [-0.3, -0.25) is 20.2 Å². The van der Waals surface area contributed by atoms with Gasteiger partial charge in [0.25, 0.3) is 0 Å². The van der Waals surface area contributed by atoms with Gasteiger partial charge in [0, 0.05) is 16.8 Å². The van der Waals surface area contributed by atoms with Crippen LogP contribution in [-0.2, 0) is 0 Å². The lowest BCUT2D eigenvalue weighted by Gasteiger charge is -2.15. The van der Waals surface area contributed by atoms with E-state index in [9.17, 15) is 20.2 Å². The minimum atomic E-state index is -0.999. The standard InChI is InChI=1S/C14H14N2O4/c1-10(16(19)20)14(9-15(17)18)13-7-6-11-4-2-3-5-12(11)8-13/h2-8,10,14H,9H2,1H3/t10-,14-/m0/s1. The predicted octanol–water partition coefficient (Wildman–Crippen LogP) is 2.87. The second kappa shape index (κ2) is 5.64. The SMILES string of the molecule is C[C@@H]([C@H](C[N+](=O)[O-])c1ccc2ccccc2c1)[N+](=O)[O-]. The molecule has 0 heterocycles. The first-order valence-corrected chi connectivity index (χ1v) is 6.23. The molecule has 2 rings (SSSR count). The molecule has 0 saturated heterocycles. The van der Waals surface area contributed by atoms with E-state index in [-0.39, 0.29) is 0 Å². The Morgan fingerprint density at radius 3 is 2.30 bits per heavy atom. The van der Waals surface area contributed by atoms with Gasteiger partial charge < -0.3 is 0 Å². The molecule has 2 aromatic carbocycles. The normalized spacial score (nSPS) is 13.8. The molecule has 0 aromatic heterocycles. The molecule has 2 atom stereocenters. The number of nitro groups is 2. The van der Waals surface area contributed by atoms with Crippen molar-refractivity contribution in [3.05, 3.63) is 68.3 Å². The zero-order valence-electron chi connectivity index (χ0n) is 10.9. The van der Waals surface area contributed by atoms with Gasteiger partial charge in [0.2, 0.25) is 12.6 Å². The molecule has 0 radical (unpaired) electrons. The topological polar surface area (TPSA) is 86.3 Å². The third-order valence-electron chi connectivity index (χ3n) is 3.46. The molecule has 0 spiro atoms. The lowest BCUT2D eigenvalue weighted by molar-refractivity contribution is -0.543. The molecule has 0 unspecified atom stereocenters. The molecule has 0 amide bonds. The molecule has 0 fully saturated rings. The lowest BCUT2D eigenvalue weighted by atomic mass is 9.91. The van der Waals surface area contributed by atoms with Crippen LogP contribution in [0, 0.1) is 20.2 Å². The van der Waals surface area contributed by atoms with Gasteiger partial charge in [0.15, 0.2) is 0 Å². The van der Waals surface area contributed by atoms with Crippen LogP contribution in [0.1, 0.15) is 18.4 Å².